The molecule has 11 heteroatoms. The summed E-state index contributed by atoms with van der Waals surface area (Å²) in [5.41, 5.74) is 2.03. The molecule has 0 atom stereocenters. The number of hydrogen-bond donors (Lipinski definition) is 3. The van der Waals surface area contributed by atoms with Crippen molar-refractivity contribution in [3.8, 4) is 0 Å². The number of nitrogens with one attached hydrogen (secondary N) is 3. The molecule has 3 heterocycles. The van der Waals surface area contributed by atoms with Crippen LogP contribution in [-0.2, 0) is 16.6 Å². The third-order valence-electron chi connectivity index (χ3n) is 5.21. The van der Waals surface area contributed by atoms with Crippen LogP contribution in [0.4, 0.5) is 11.5 Å². The molecule has 0 spiro atoms. The number of anilines is 2. The fourth-order valence-electron chi connectivity index (χ4n) is 3.48. The molecule has 1 saturated heterocycles. The number of nitrogens with zero attached hydrogens (tertiary/aromatic N) is 4. The van der Waals surface area contributed by atoms with Crippen LogP contribution in [0.3, 0.4) is 0 Å². The first-order valence-corrected chi connectivity index (χ1v) is 12.0. The van der Waals surface area contributed by atoms with Crippen molar-refractivity contribution in [3.63, 3.8) is 0 Å². The van der Waals surface area contributed by atoms with Crippen LogP contribution in [-0.4, -0.2) is 66.7 Å². The highest BCUT2D eigenvalue weighted by Crippen LogP contribution is 2.42. The molecule has 9 nitrogen and oxygen atoms in total. The molecule has 160 valence electrons. The number of aromatic nitrogens is 2. The summed E-state index contributed by atoms with van der Waals surface area (Å²) in [6, 6.07) is 6.07. The van der Waals surface area contributed by atoms with Gasteiger partial charge in [0.1, 0.15) is 10.9 Å². The summed E-state index contributed by atoms with van der Waals surface area (Å²) >= 11 is 1.59. The minimum atomic E-state index is -3.42. The van der Waals surface area contributed by atoms with E-state index in [1.165, 1.54) is 18.4 Å². The topological polar surface area (TPSA) is 114 Å². The van der Waals surface area contributed by atoms with Crippen molar-refractivity contribution < 1.29 is 8.42 Å². The predicted molar refractivity (Wildman–Crippen MR) is 118 cm³/mol. The molecule has 2 aliphatic rings. The maximum absolute atomic E-state index is 12.0. The van der Waals surface area contributed by atoms with Gasteiger partial charge in [-0.05, 0) is 30.5 Å². The number of piperidine rings is 1. The van der Waals surface area contributed by atoms with Crippen molar-refractivity contribution in [2.24, 2.45) is 0 Å². The van der Waals surface area contributed by atoms with Crippen LogP contribution in [0.15, 0.2) is 40.5 Å². The molecule has 4 rings (SSSR count). The van der Waals surface area contributed by atoms with Gasteiger partial charge in [0.05, 0.1) is 5.69 Å². The first-order chi connectivity index (χ1) is 14.3. The van der Waals surface area contributed by atoms with Gasteiger partial charge >= 0.3 is 0 Å². The Labute approximate surface area is 181 Å². The van der Waals surface area contributed by atoms with Crippen molar-refractivity contribution in [1.82, 2.24) is 23.9 Å². The van der Waals surface area contributed by atoms with E-state index in [-0.39, 0.29) is 6.04 Å². The molecule has 0 radical (unpaired) electrons. The van der Waals surface area contributed by atoms with E-state index in [1.54, 1.807) is 24.2 Å². The summed E-state index contributed by atoms with van der Waals surface area (Å²) in [6.45, 7) is 1.34. The minimum absolute atomic E-state index is 0.0902. The second kappa shape index (κ2) is 8.50. The summed E-state index contributed by atoms with van der Waals surface area (Å²) in [6.07, 6.45) is 5.25. The molecule has 0 unspecified atom stereocenters. The van der Waals surface area contributed by atoms with Crippen LogP contribution in [0, 0.1) is 5.41 Å². The molecule has 0 amide bonds. The van der Waals surface area contributed by atoms with Gasteiger partial charge in [-0.1, -0.05) is 17.8 Å². The van der Waals surface area contributed by atoms with E-state index in [2.05, 4.69) is 32.1 Å². The van der Waals surface area contributed by atoms with Crippen molar-refractivity contribution in [3.05, 3.63) is 36.2 Å². The molecular weight excluding hydrogens is 422 g/mol. The molecule has 1 aromatic heterocycles. The molecule has 0 aliphatic carbocycles. The number of amidine groups is 1. The summed E-state index contributed by atoms with van der Waals surface area (Å²) < 4.78 is 27.9. The van der Waals surface area contributed by atoms with Gasteiger partial charge < -0.3 is 10.2 Å². The summed E-state index contributed by atoms with van der Waals surface area (Å²) in [4.78, 5) is 11.8. The van der Waals surface area contributed by atoms with E-state index in [0.717, 1.165) is 27.0 Å². The Morgan fingerprint density at radius 2 is 2.03 bits per heavy atom. The largest absolute Gasteiger partial charge is 0.360 e. The van der Waals surface area contributed by atoms with Gasteiger partial charge in [-0.15, -0.1) is 0 Å². The van der Waals surface area contributed by atoms with E-state index >= 15 is 0 Å². The van der Waals surface area contributed by atoms with Gasteiger partial charge in [0.2, 0.25) is 0 Å². The van der Waals surface area contributed by atoms with Gasteiger partial charge in [0, 0.05) is 56.9 Å². The number of likely N-dealkylation sites (tertiary alicyclic amines) is 1. The number of fused-ring (bicyclic) bond motifs is 2. The van der Waals surface area contributed by atoms with Gasteiger partial charge in [-0.25, -0.2) is 9.97 Å². The molecule has 1 aromatic carbocycles. The van der Waals surface area contributed by atoms with Crippen LogP contribution in [0.25, 0.3) is 0 Å². The van der Waals surface area contributed by atoms with Crippen LogP contribution in [0.2, 0.25) is 0 Å². The molecule has 1 fully saturated rings. The molecule has 2 aromatic rings. The second-order valence-electron chi connectivity index (χ2n) is 7.56. The normalized spacial score (nSPS) is 16.7. The average Bonchev–Trinajstić information content (AvgIpc) is 2.72. The fourth-order valence-corrected chi connectivity index (χ4v) is 5.23. The fraction of sp³-hybridized carbons (Fsp3) is 0.421. The zero-order chi connectivity index (χ0) is 21.3. The molecule has 0 bridgehead atoms. The molecule has 0 saturated carbocycles. The highest BCUT2D eigenvalue weighted by atomic mass is 32.2. The van der Waals surface area contributed by atoms with E-state index in [1.807, 2.05) is 11.0 Å². The zero-order valence-electron chi connectivity index (χ0n) is 16.9. The summed E-state index contributed by atoms with van der Waals surface area (Å²) in [5, 5.41) is 12.7. The van der Waals surface area contributed by atoms with Crippen LogP contribution >= 0.6 is 11.8 Å². The van der Waals surface area contributed by atoms with Crippen molar-refractivity contribution in [2.45, 2.75) is 35.2 Å². The number of rotatable bonds is 5. The summed E-state index contributed by atoms with van der Waals surface area (Å²) in [7, 11) is -0.385. The van der Waals surface area contributed by atoms with Gasteiger partial charge in [0.25, 0.3) is 10.2 Å². The van der Waals surface area contributed by atoms with E-state index in [4.69, 9.17) is 5.41 Å². The SMILES string of the molecule is CN(C)S(=O)(=O)NC1CCN(C(=N)Cc2ccc3c(c2)Nc2nccnc2S3)CC1. The monoisotopic (exact) mass is 447 g/mol. The first kappa shape index (κ1) is 21.0. The molecule has 3 N–H and O–H groups in total. The van der Waals surface area contributed by atoms with Crippen molar-refractivity contribution >= 4 is 39.3 Å². The zero-order valence-corrected chi connectivity index (χ0v) is 18.6. The van der Waals surface area contributed by atoms with E-state index < -0.39 is 10.2 Å². The maximum Gasteiger partial charge on any atom is 0.279 e. The average molecular weight is 448 g/mol. The standard InChI is InChI=1S/C19H25N7O2S2/c1-25(2)30(27,28)24-14-5-9-26(10-6-14)17(20)12-13-3-4-16-15(11-13)23-18-19(29-16)22-8-7-21-18/h3-4,7-8,11,14,20,24H,5-6,9-10,12H2,1-2H3,(H,21,23). The van der Waals surface area contributed by atoms with Gasteiger partial charge in [-0.3, -0.25) is 5.41 Å². The molecule has 2 aliphatic heterocycles. The Morgan fingerprint density at radius 1 is 1.30 bits per heavy atom. The Hall–Kier alpha value is -2.21. The molecular formula is C19H25N7O2S2. The van der Waals surface area contributed by atoms with E-state index in [9.17, 15) is 8.42 Å². The smallest absolute Gasteiger partial charge is 0.279 e. The van der Waals surface area contributed by atoms with Crippen molar-refractivity contribution in [1.29, 1.82) is 5.41 Å². The van der Waals surface area contributed by atoms with Crippen LogP contribution in [0.1, 0.15) is 18.4 Å². The Kier molecular flexibility index (Phi) is 5.96. The Bertz CT molecular complexity index is 1050. The maximum atomic E-state index is 12.0. The summed E-state index contributed by atoms with van der Waals surface area (Å²) in [5.74, 6) is 1.30. The highest BCUT2D eigenvalue weighted by Gasteiger charge is 2.26. The first-order valence-electron chi connectivity index (χ1n) is 9.73. The Morgan fingerprint density at radius 3 is 2.77 bits per heavy atom. The minimum Gasteiger partial charge on any atom is -0.360 e. The van der Waals surface area contributed by atoms with Gasteiger partial charge in [0.15, 0.2) is 5.82 Å². The molecule has 30 heavy (non-hydrogen) atoms. The quantitative estimate of drug-likeness (QED) is 0.405. The third-order valence-corrected chi connectivity index (χ3v) is 7.87. The van der Waals surface area contributed by atoms with Gasteiger partial charge in [-0.2, -0.15) is 17.4 Å². The van der Waals surface area contributed by atoms with E-state index in [0.29, 0.717) is 38.2 Å². The lowest BCUT2D eigenvalue weighted by molar-refractivity contribution is 0.295. The number of hydrogen-bond acceptors (Lipinski definition) is 7. The van der Waals surface area contributed by atoms with Crippen molar-refractivity contribution in [2.75, 3.05) is 32.5 Å². The lowest BCUT2D eigenvalue weighted by Crippen LogP contribution is -2.49. The van der Waals surface area contributed by atoms with Crippen LogP contribution in [0.5, 0.6) is 0 Å². The lowest BCUT2D eigenvalue weighted by atomic mass is 10.0. The van der Waals surface area contributed by atoms with Crippen LogP contribution < -0.4 is 10.0 Å². The predicted octanol–water partition coefficient (Wildman–Crippen LogP) is 2.06. The number of benzene rings is 1. The third kappa shape index (κ3) is 4.59. The second-order valence-corrected chi connectivity index (χ2v) is 10.5. The highest BCUT2D eigenvalue weighted by molar-refractivity contribution is 7.99. The lowest BCUT2D eigenvalue weighted by Gasteiger charge is -2.34. The Balaban J connectivity index is 1.34.